The van der Waals surface area contributed by atoms with Gasteiger partial charge in [0.25, 0.3) is 0 Å². The molecule has 0 atom stereocenters. The summed E-state index contributed by atoms with van der Waals surface area (Å²) in [4.78, 5) is 11.6. The van der Waals surface area contributed by atoms with E-state index in [2.05, 4.69) is 4.57 Å². The molecule has 4 nitrogen and oxygen atoms in total. The molecule has 1 saturated heterocycles. The molecule has 88 valence electrons. The molecule has 0 N–H and O–H groups in total. The van der Waals surface area contributed by atoms with Crippen LogP contribution in [0.3, 0.4) is 0 Å². The molecule has 17 heavy (non-hydrogen) atoms. The van der Waals surface area contributed by atoms with Crippen LogP contribution in [0.2, 0.25) is 0 Å². The molecule has 0 unspecified atom stereocenters. The molecule has 0 bridgehead atoms. The monoisotopic (exact) mass is 231 g/mol. The Morgan fingerprint density at radius 1 is 1.41 bits per heavy atom. The van der Waals surface area contributed by atoms with Crippen molar-refractivity contribution in [2.75, 3.05) is 20.3 Å². The zero-order chi connectivity index (χ0) is 11.8. The van der Waals surface area contributed by atoms with Crippen LogP contribution in [0, 0.1) is 0 Å². The third-order valence-electron chi connectivity index (χ3n) is 3.18. The zero-order valence-electron chi connectivity index (χ0n) is 9.55. The first-order valence-corrected chi connectivity index (χ1v) is 5.57. The smallest absolute Gasteiger partial charge is 0.338 e. The van der Waals surface area contributed by atoms with Crippen molar-refractivity contribution in [2.24, 2.45) is 0 Å². The van der Waals surface area contributed by atoms with Gasteiger partial charge in [-0.05, 0) is 18.2 Å². The average Bonchev–Trinajstić information content (AvgIpc) is 2.70. The van der Waals surface area contributed by atoms with Crippen molar-refractivity contribution >= 4 is 16.9 Å². The summed E-state index contributed by atoms with van der Waals surface area (Å²) in [5, 5.41) is 0.936. The largest absolute Gasteiger partial charge is 0.465 e. The topological polar surface area (TPSA) is 40.5 Å². The Morgan fingerprint density at radius 3 is 2.88 bits per heavy atom. The predicted octanol–water partition coefficient (Wildman–Crippen LogP) is 2.00. The Bertz CT molecular complexity index is 569. The van der Waals surface area contributed by atoms with Crippen LogP contribution in [0.4, 0.5) is 0 Å². The van der Waals surface area contributed by atoms with Crippen molar-refractivity contribution < 1.29 is 14.3 Å². The molecule has 4 heteroatoms. The zero-order valence-corrected chi connectivity index (χ0v) is 9.55. The maximum Gasteiger partial charge on any atom is 0.338 e. The number of carbonyl (C=O) groups excluding carboxylic acids is 1. The van der Waals surface area contributed by atoms with Crippen molar-refractivity contribution in [2.45, 2.75) is 6.04 Å². The number of aromatic nitrogens is 1. The van der Waals surface area contributed by atoms with E-state index < -0.39 is 0 Å². The predicted molar refractivity (Wildman–Crippen MR) is 63.1 cm³/mol. The van der Waals surface area contributed by atoms with Crippen LogP contribution in [0.1, 0.15) is 16.4 Å². The molecule has 1 fully saturated rings. The number of hydrogen-bond acceptors (Lipinski definition) is 3. The number of carbonyl (C=O) groups is 1. The number of methoxy groups -OCH3 is 1. The first-order valence-electron chi connectivity index (χ1n) is 5.57. The van der Waals surface area contributed by atoms with Crippen molar-refractivity contribution in [1.29, 1.82) is 0 Å². The van der Waals surface area contributed by atoms with E-state index in [1.54, 1.807) is 6.07 Å². The molecule has 1 aromatic carbocycles. The maximum atomic E-state index is 11.6. The number of ether oxygens (including phenoxy) is 2. The second-order valence-electron chi connectivity index (χ2n) is 4.14. The first kappa shape index (κ1) is 10.4. The van der Waals surface area contributed by atoms with Gasteiger partial charge in [0.15, 0.2) is 0 Å². The Labute approximate surface area is 98.7 Å². The van der Waals surface area contributed by atoms with Gasteiger partial charge in [0.1, 0.15) is 0 Å². The number of rotatable bonds is 2. The summed E-state index contributed by atoms with van der Waals surface area (Å²) in [6.07, 6.45) is 2.00. The van der Waals surface area contributed by atoms with Gasteiger partial charge in [-0.15, -0.1) is 0 Å². The van der Waals surface area contributed by atoms with Gasteiger partial charge >= 0.3 is 5.97 Å². The van der Waals surface area contributed by atoms with Gasteiger partial charge < -0.3 is 14.0 Å². The van der Waals surface area contributed by atoms with Crippen molar-refractivity contribution in [3.63, 3.8) is 0 Å². The minimum Gasteiger partial charge on any atom is -0.465 e. The van der Waals surface area contributed by atoms with Gasteiger partial charge in [-0.25, -0.2) is 4.79 Å². The number of hydrogen-bond donors (Lipinski definition) is 0. The second-order valence-corrected chi connectivity index (χ2v) is 4.14. The van der Waals surface area contributed by atoms with Gasteiger partial charge in [0.05, 0.1) is 31.9 Å². The highest BCUT2D eigenvalue weighted by atomic mass is 16.5. The molecule has 1 aliphatic heterocycles. The van der Waals surface area contributed by atoms with Gasteiger partial charge in [-0.1, -0.05) is 6.07 Å². The fraction of sp³-hybridized carbons (Fsp3) is 0.308. The quantitative estimate of drug-likeness (QED) is 0.742. The summed E-state index contributed by atoms with van der Waals surface area (Å²) in [6.45, 7) is 1.48. The third kappa shape index (κ3) is 1.52. The van der Waals surface area contributed by atoms with Crippen LogP contribution >= 0.6 is 0 Å². The summed E-state index contributed by atoms with van der Waals surface area (Å²) >= 11 is 0. The van der Waals surface area contributed by atoms with E-state index in [1.807, 2.05) is 24.4 Å². The van der Waals surface area contributed by atoms with E-state index in [9.17, 15) is 4.79 Å². The van der Waals surface area contributed by atoms with Gasteiger partial charge in [-0.2, -0.15) is 0 Å². The van der Waals surface area contributed by atoms with Gasteiger partial charge in [0.2, 0.25) is 0 Å². The number of fused-ring (bicyclic) bond motifs is 1. The SMILES string of the molecule is COC(=O)c1cccc2c1ccn2C1COC1. The first-order chi connectivity index (χ1) is 8.31. The highest BCUT2D eigenvalue weighted by molar-refractivity contribution is 6.03. The van der Waals surface area contributed by atoms with E-state index in [0.29, 0.717) is 11.6 Å². The number of nitrogens with zero attached hydrogens (tertiary/aromatic N) is 1. The Morgan fingerprint density at radius 2 is 2.24 bits per heavy atom. The molecule has 0 aliphatic carbocycles. The van der Waals surface area contributed by atoms with Crippen molar-refractivity contribution in [1.82, 2.24) is 4.57 Å². The Hall–Kier alpha value is -1.81. The van der Waals surface area contributed by atoms with Crippen LogP contribution in [-0.2, 0) is 9.47 Å². The normalized spacial score (nSPS) is 15.8. The van der Waals surface area contributed by atoms with Gasteiger partial charge in [0, 0.05) is 17.1 Å². The van der Waals surface area contributed by atoms with Crippen LogP contribution in [0.25, 0.3) is 10.9 Å². The molecule has 0 amide bonds. The second kappa shape index (κ2) is 3.89. The van der Waals surface area contributed by atoms with E-state index >= 15 is 0 Å². The summed E-state index contributed by atoms with van der Waals surface area (Å²) < 4.78 is 12.1. The van der Waals surface area contributed by atoms with Crippen molar-refractivity contribution in [3.05, 3.63) is 36.0 Å². The highest BCUT2D eigenvalue weighted by Crippen LogP contribution is 2.27. The molecule has 3 rings (SSSR count). The van der Waals surface area contributed by atoms with E-state index in [0.717, 1.165) is 24.1 Å². The van der Waals surface area contributed by atoms with Crippen LogP contribution in [0.15, 0.2) is 30.5 Å². The number of esters is 1. The van der Waals surface area contributed by atoms with Crippen LogP contribution < -0.4 is 0 Å². The lowest BCUT2D eigenvalue weighted by Crippen LogP contribution is -2.30. The Balaban J connectivity index is 2.14. The standard InChI is InChI=1S/C13H13NO3/c1-16-13(15)11-3-2-4-12-10(11)5-6-14(12)9-7-17-8-9/h2-6,9H,7-8H2,1H3. The summed E-state index contributed by atoms with van der Waals surface area (Å²) in [5.41, 5.74) is 1.67. The minimum atomic E-state index is -0.293. The fourth-order valence-corrected chi connectivity index (χ4v) is 2.18. The van der Waals surface area contributed by atoms with E-state index in [-0.39, 0.29) is 5.97 Å². The average molecular weight is 231 g/mol. The summed E-state index contributed by atoms with van der Waals surface area (Å²) in [7, 11) is 1.40. The van der Waals surface area contributed by atoms with Crippen LogP contribution in [0.5, 0.6) is 0 Å². The van der Waals surface area contributed by atoms with Crippen LogP contribution in [-0.4, -0.2) is 30.9 Å². The highest BCUT2D eigenvalue weighted by Gasteiger charge is 2.22. The minimum absolute atomic E-state index is 0.293. The molecular weight excluding hydrogens is 218 g/mol. The molecule has 1 aliphatic rings. The lowest BCUT2D eigenvalue weighted by atomic mass is 10.1. The molecule has 2 aromatic rings. The van der Waals surface area contributed by atoms with E-state index in [1.165, 1.54) is 7.11 Å². The fourth-order valence-electron chi connectivity index (χ4n) is 2.18. The molecule has 0 radical (unpaired) electrons. The Kier molecular flexibility index (Phi) is 2.37. The van der Waals surface area contributed by atoms with E-state index in [4.69, 9.17) is 9.47 Å². The summed E-state index contributed by atoms with van der Waals surface area (Å²) in [5.74, 6) is -0.293. The molecule has 1 aromatic heterocycles. The number of benzene rings is 1. The molecular formula is C13H13NO3. The van der Waals surface area contributed by atoms with Crippen molar-refractivity contribution in [3.8, 4) is 0 Å². The lowest BCUT2D eigenvalue weighted by molar-refractivity contribution is -0.0213. The molecule has 0 spiro atoms. The maximum absolute atomic E-state index is 11.6. The lowest BCUT2D eigenvalue weighted by Gasteiger charge is -2.28. The summed E-state index contributed by atoms with van der Waals surface area (Å²) in [6, 6.07) is 8.03. The molecule has 2 heterocycles. The third-order valence-corrected chi connectivity index (χ3v) is 3.18. The van der Waals surface area contributed by atoms with Gasteiger partial charge in [-0.3, -0.25) is 0 Å². The molecule has 0 saturated carbocycles.